The summed E-state index contributed by atoms with van der Waals surface area (Å²) in [4.78, 5) is 13.7. The Labute approximate surface area is 147 Å². The van der Waals surface area contributed by atoms with E-state index < -0.39 is 15.8 Å². The molecule has 132 valence electrons. The van der Waals surface area contributed by atoms with Crippen LogP contribution in [0.3, 0.4) is 0 Å². The van der Waals surface area contributed by atoms with Gasteiger partial charge in [-0.15, -0.1) is 0 Å². The lowest BCUT2D eigenvalue weighted by molar-refractivity contribution is -0.141. The summed E-state index contributed by atoms with van der Waals surface area (Å²) in [6, 6.07) is 13.7. The van der Waals surface area contributed by atoms with Gasteiger partial charge in [0.05, 0.1) is 15.7 Å². The molecule has 0 saturated carbocycles. The summed E-state index contributed by atoms with van der Waals surface area (Å²) in [6.45, 7) is 3.84. The SMILES string of the molecule is Cc1ccc(S(=O)(=O)c2ccc(CN3CCC(C(=O)O)C3)cc2)cc1. The first-order valence-electron chi connectivity index (χ1n) is 8.22. The second-order valence-electron chi connectivity index (χ2n) is 6.52. The maximum absolute atomic E-state index is 12.6. The minimum atomic E-state index is -3.51. The van der Waals surface area contributed by atoms with Crippen LogP contribution in [-0.2, 0) is 21.2 Å². The van der Waals surface area contributed by atoms with Crippen molar-refractivity contribution in [2.45, 2.75) is 29.7 Å². The molecule has 1 fully saturated rings. The van der Waals surface area contributed by atoms with Gasteiger partial charge < -0.3 is 5.11 Å². The Morgan fingerprint density at radius 1 is 1.08 bits per heavy atom. The van der Waals surface area contributed by atoms with Crippen LogP contribution in [0.2, 0.25) is 0 Å². The molecule has 2 aromatic carbocycles. The molecule has 25 heavy (non-hydrogen) atoms. The predicted molar refractivity (Wildman–Crippen MR) is 94.1 cm³/mol. The largest absolute Gasteiger partial charge is 0.481 e. The highest BCUT2D eigenvalue weighted by Gasteiger charge is 2.27. The number of carbonyl (C=O) groups is 1. The first kappa shape index (κ1) is 17.6. The van der Waals surface area contributed by atoms with E-state index in [2.05, 4.69) is 4.90 Å². The Hall–Kier alpha value is -2.18. The number of likely N-dealkylation sites (tertiary alicyclic amines) is 1. The normalized spacial score (nSPS) is 18.4. The van der Waals surface area contributed by atoms with Gasteiger partial charge in [0.1, 0.15) is 0 Å². The second-order valence-corrected chi connectivity index (χ2v) is 8.47. The van der Waals surface area contributed by atoms with Crippen LogP contribution in [0.4, 0.5) is 0 Å². The zero-order valence-electron chi connectivity index (χ0n) is 14.1. The minimum Gasteiger partial charge on any atom is -0.481 e. The highest BCUT2D eigenvalue weighted by molar-refractivity contribution is 7.91. The fourth-order valence-corrected chi connectivity index (χ4v) is 4.32. The zero-order chi connectivity index (χ0) is 18.0. The van der Waals surface area contributed by atoms with E-state index in [9.17, 15) is 13.2 Å². The number of hydrogen-bond acceptors (Lipinski definition) is 4. The molecule has 0 aromatic heterocycles. The lowest BCUT2D eigenvalue weighted by Crippen LogP contribution is -2.22. The number of aliphatic carboxylic acids is 1. The molecule has 0 bridgehead atoms. The summed E-state index contributed by atoms with van der Waals surface area (Å²) in [5.74, 6) is -1.05. The third-order valence-electron chi connectivity index (χ3n) is 4.59. The van der Waals surface area contributed by atoms with Crippen LogP contribution in [0.15, 0.2) is 58.3 Å². The van der Waals surface area contributed by atoms with Crippen LogP contribution in [0.5, 0.6) is 0 Å². The monoisotopic (exact) mass is 359 g/mol. The number of hydrogen-bond donors (Lipinski definition) is 1. The van der Waals surface area contributed by atoms with Crippen LogP contribution < -0.4 is 0 Å². The maximum Gasteiger partial charge on any atom is 0.307 e. The Morgan fingerprint density at radius 3 is 2.16 bits per heavy atom. The van der Waals surface area contributed by atoms with E-state index in [1.165, 1.54) is 0 Å². The molecule has 5 nitrogen and oxygen atoms in total. The maximum atomic E-state index is 12.6. The molecule has 6 heteroatoms. The summed E-state index contributed by atoms with van der Waals surface area (Å²) in [7, 11) is -3.51. The highest BCUT2D eigenvalue weighted by atomic mass is 32.2. The predicted octanol–water partition coefficient (Wildman–Crippen LogP) is 2.73. The molecule has 0 radical (unpaired) electrons. The quantitative estimate of drug-likeness (QED) is 0.888. The second kappa shape index (κ2) is 6.98. The van der Waals surface area contributed by atoms with Crippen LogP contribution >= 0.6 is 0 Å². The van der Waals surface area contributed by atoms with Gasteiger partial charge in [-0.2, -0.15) is 0 Å². The number of aryl methyl sites for hydroxylation is 1. The molecule has 1 atom stereocenters. The van der Waals surface area contributed by atoms with E-state index in [0.717, 1.165) is 17.7 Å². The van der Waals surface area contributed by atoms with Crippen LogP contribution in [0, 0.1) is 12.8 Å². The van der Waals surface area contributed by atoms with E-state index >= 15 is 0 Å². The molecule has 2 aromatic rings. The van der Waals surface area contributed by atoms with E-state index in [0.29, 0.717) is 19.5 Å². The van der Waals surface area contributed by atoms with Gasteiger partial charge in [0, 0.05) is 13.1 Å². The average molecular weight is 359 g/mol. The lowest BCUT2D eigenvalue weighted by atomic mass is 10.1. The molecule has 1 unspecified atom stereocenters. The minimum absolute atomic E-state index is 0.268. The molecule has 1 aliphatic rings. The molecular formula is C19H21NO4S. The van der Waals surface area contributed by atoms with E-state index in [1.54, 1.807) is 48.5 Å². The third-order valence-corrected chi connectivity index (χ3v) is 6.38. The van der Waals surface area contributed by atoms with Gasteiger partial charge in [-0.25, -0.2) is 8.42 Å². The van der Waals surface area contributed by atoms with E-state index in [4.69, 9.17) is 5.11 Å². The lowest BCUT2D eigenvalue weighted by Gasteiger charge is -2.15. The molecule has 0 aliphatic carbocycles. The van der Waals surface area contributed by atoms with Crippen molar-refractivity contribution in [3.05, 3.63) is 59.7 Å². The zero-order valence-corrected chi connectivity index (χ0v) is 14.9. The van der Waals surface area contributed by atoms with Gasteiger partial charge in [-0.05, 0) is 49.7 Å². The molecule has 0 amide bonds. The van der Waals surface area contributed by atoms with Gasteiger partial charge in [-0.3, -0.25) is 9.69 Å². The number of benzene rings is 2. The van der Waals surface area contributed by atoms with Gasteiger partial charge in [0.2, 0.25) is 9.84 Å². The summed E-state index contributed by atoms with van der Waals surface area (Å²) in [5, 5.41) is 9.06. The van der Waals surface area contributed by atoms with Crippen molar-refractivity contribution in [1.82, 2.24) is 4.90 Å². The van der Waals surface area contributed by atoms with Gasteiger partial charge >= 0.3 is 5.97 Å². The van der Waals surface area contributed by atoms with Crippen molar-refractivity contribution in [2.24, 2.45) is 5.92 Å². The van der Waals surface area contributed by atoms with Crippen molar-refractivity contribution in [3.63, 3.8) is 0 Å². The number of rotatable bonds is 5. The van der Waals surface area contributed by atoms with E-state index in [1.807, 2.05) is 6.92 Å². The standard InChI is InChI=1S/C19H21NO4S/c1-14-2-6-17(7-3-14)25(23,24)18-8-4-15(5-9-18)12-20-11-10-16(13-20)19(21)22/h2-9,16H,10-13H2,1H3,(H,21,22). The van der Waals surface area contributed by atoms with Crippen molar-refractivity contribution in [3.8, 4) is 0 Å². The summed E-state index contributed by atoms with van der Waals surface area (Å²) < 4.78 is 25.3. The third kappa shape index (κ3) is 3.91. The van der Waals surface area contributed by atoms with Crippen LogP contribution in [-0.4, -0.2) is 37.5 Å². The number of carboxylic acid groups (broad SMARTS) is 1. The highest BCUT2D eigenvalue weighted by Crippen LogP contribution is 2.23. The number of carboxylic acids is 1. The molecule has 1 heterocycles. The van der Waals surface area contributed by atoms with Crippen LogP contribution in [0.25, 0.3) is 0 Å². The van der Waals surface area contributed by atoms with Gasteiger partial charge in [0.15, 0.2) is 0 Å². The summed E-state index contributed by atoms with van der Waals surface area (Å²) >= 11 is 0. The number of nitrogens with zero attached hydrogens (tertiary/aromatic N) is 1. The van der Waals surface area contributed by atoms with Crippen molar-refractivity contribution in [1.29, 1.82) is 0 Å². The van der Waals surface area contributed by atoms with Crippen molar-refractivity contribution < 1.29 is 18.3 Å². The fraction of sp³-hybridized carbons (Fsp3) is 0.316. The molecular weight excluding hydrogens is 338 g/mol. The Kier molecular flexibility index (Phi) is 4.92. The number of sulfone groups is 1. The summed E-state index contributed by atoms with van der Waals surface area (Å²) in [5.41, 5.74) is 1.99. The molecule has 3 rings (SSSR count). The van der Waals surface area contributed by atoms with Crippen molar-refractivity contribution >= 4 is 15.8 Å². The first-order valence-corrected chi connectivity index (χ1v) is 9.70. The molecule has 1 N–H and O–H groups in total. The topological polar surface area (TPSA) is 74.7 Å². The van der Waals surface area contributed by atoms with Gasteiger partial charge in [-0.1, -0.05) is 29.8 Å². The molecule has 1 aliphatic heterocycles. The average Bonchev–Trinajstić information content (AvgIpc) is 3.04. The summed E-state index contributed by atoms with van der Waals surface area (Å²) in [6.07, 6.45) is 0.662. The Bertz CT molecular complexity index is 857. The Balaban J connectivity index is 1.72. The first-order chi connectivity index (χ1) is 11.9. The van der Waals surface area contributed by atoms with Crippen molar-refractivity contribution in [2.75, 3.05) is 13.1 Å². The Morgan fingerprint density at radius 2 is 1.64 bits per heavy atom. The fourth-order valence-electron chi connectivity index (χ4n) is 3.06. The smallest absolute Gasteiger partial charge is 0.307 e. The van der Waals surface area contributed by atoms with Gasteiger partial charge in [0.25, 0.3) is 0 Å². The molecule has 1 saturated heterocycles. The van der Waals surface area contributed by atoms with E-state index in [-0.39, 0.29) is 15.7 Å². The van der Waals surface area contributed by atoms with Crippen LogP contribution in [0.1, 0.15) is 17.5 Å². The molecule has 0 spiro atoms.